The number of rotatable bonds is 8. The molecular weight excluding hydrogens is 450 g/mol. The number of pyridine rings is 1. The lowest BCUT2D eigenvalue weighted by molar-refractivity contribution is -0.144. The van der Waals surface area contributed by atoms with Gasteiger partial charge in [0.05, 0.1) is 23.4 Å². The molecule has 3 aliphatic carbocycles. The SMILES string of the molecule is Cc1nc(-c2nnn(C)c2COC(=O)N(C)CC2CCC2)ccc1OC1CC2CC2C(C(=O)O)C1. The number of carboxylic acid groups (broad SMARTS) is 1. The van der Waals surface area contributed by atoms with Crippen LogP contribution in [0, 0.1) is 30.6 Å². The van der Waals surface area contributed by atoms with E-state index in [0.717, 1.165) is 12.8 Å². The normalized spacial score (nSPS) is 25.3. The predicted molar refractivity (Wildman–Crippen MR) is 125 cm³/mol. The Kier molecular flexibility index (Phi) is 6.37. The lowest BCUT2D eigenvalue weighted by atomic mass is 9.85. The van der Waals surface area contributed by atoms with Gasteiger partial charge in [0.1, 0.15) is 23.7 Å². The molecule has 4 unspecified atom stereocenters. The number of aryl methyl sites for hydroxylation is 2. The molecule has 3 saturated carbocycles. The predicted octanol–water partition coefficient (Wildman–Crippen LogP) is 3.43. The summed E-state index contributed by atoms with van der Waals surface area (Å²) in [5, 5.41) is 17.9. The molecule has 3 fully saturated rings. The zero-order valence-electron chi connectivity index (χ0n) is 20.5. The van der Waals surface area contributed by atoms with E-state index in [2.05, 4.69) is 15.3 Å². The van der Waals surface area contributed by atoms with E-state index in [0.29, 0.717) is 59.2 Å². The van der Waals surface area contributed by atoms with Gasteiger partial charge in [-0.15, -0.1) is 5.10 Å². The minimum Gasteiger partial charge on any atom is -0.488 e. The molecule has 0 aromatic carbocycles. The van der Waals surface area contributed by atoms with Crippen molar-refractivity contribution >= 4 is 12.1 Å². The minimum absolute atomic E-state index is 0.0485. The number of aliphatic carboxylic acids is 1. The summed E-state index contributed by atoms with van der Waals surface area (Å²) in [6.45, 7) is 2.63. The Bertz CT molecular complexity index is 1110. The molecular formula is C25H33N5O5. The molecule has 2 aromatic rings. The number of hydrogen-bond acceptors (Lipinski definition) is 7. The average molecular weight is 484 g/mol. The fraction of sp³-hybridized carbons (Fsp3) is 0.640. The molecule has 5 rings (SSSR count). The third-order valence-electron chi connectivity index (χ3n) is 7.81. The Balaban J connectivity index is 1.24. The fourth-order valence-electron chi connectivity index (χ4n) is 5.41. The number of nitrogens with zero attached hydrogens (tertiary/aromatic N) is 5. The molecule has 3 aliphatic rings. The number of ether oxygens (including phenoxy) is 2. The Hall–Kier alpha value is -3.17. The summed E-state index contributed by atoms with van der Waals surface area (Å²) in [5.41, 5.74) is 2.53. The van der Waals surface area contributed by atoms with Crippen LogP contribution in [-0.4, -0.2) is 61.7 Å². The molecule has 4 atom stereocenters. The van der Waals surface area contributed by atoms with Crippen molar-refractivity contribution < 1.29 is 24.2 Å². The van der Waals surface area contributed by atoms with Gasteiger partial charge in [0.25, 0.3) is 0 Å². The Morgan fingerprint density at radius 2 is 2.03 bits per heavy atom. The van der Waals surface area contributed by atoms with E-state index < -0.39 is 5.97 Å². The maximum atomic E-state index is 12.4. The third kappa shape index (κ3) is 4.97. The maximum Gasteiger partial charge on any atom is 0.409 e. The molecule has 0 bridgehead atoms. The first-order valence-electron chi connectivity index (χ1n) is 12.4. The van der Waals surface area contributed by atoms with E-state index in [9.17, 15) is 14.7 Å². The molecule has 10 heteroatoms. The van der Waals surface area contributed by atoms with Crippen molar-refractivity contribution in [3.05, 3.63) is 23.5 Å². The van der Waals surface area contributed by atoms with Gasteiger partial charge in [0.2, 0.25) is 0 Å². The van der Waals surface area contributed by atoms with Gasteiger partial charge in [-0.25, -0.2) is 14.5 Å². The molecule has 0 saturated heterocycles. The van der Waals surface area contributed by atoms with Crippen molar-refractivity contribution in [3.63, 3.8) is 0 Å². The van der Waals surface area contributed by atoms with Crippen molar-refractivity contribution in [1.29, 1.82) is 0 Å². The van der Waals surface area contributed by atoms with Crippen molar-refractivity contribution in [2.24, 2.45) is 30.7 Å². The second-order valence-corrected chi connectivity index (χ2v) is 10.3. The van der Waals surface area contributed by atoms with Crippen LogP contribution in [0.15, 0.2) is 12.1 Å². The van der Waals surface area contributed by atoms with Crippen LogP contribution in [0.2, 0.25) is 0 Å². The van der Waals surface area contributed by atoms with E-state index in [1.807, 2.05) is 19.1 Å². The molecule has 1 N–H and O–H groups in total. The van der Waals surface area contributed by atoms with Crippen LogP contribution in [0.1, 0.15) is 49.9 Å². The molecule has 0 radical (unpaired) electrons. The van der Waals surface area contributed by atoms with Crippen LogP contribution in [0.3, 0.4) is 0 Å². The van der Waals surface area contributed by atoms with Gasteiger partial charge in [-0.1, -0.05) is 11.6 Å². The summed E-state index contributed by atoms with van der Waals surface area (Å²) in [7, 11) is 3.52. The van der Waals surface area contributed by atoms with E-state index in [4.69, 9.17) is 9.47 Å². The zero-order chi connectivity index (χ0) is 24.7. The molecule has 0 spiro atoms. The standard InChI is InChI=1S/C25H33N5O5/c1-14-22(35-17-9-16-10-18(16)19(11-17)24(31)32)8-7-20(26-14)23-21(30(3)28-27-23)13-34-25(33)29(2)12-15-5-4-6-15/h7-8,15-19H,4-6,9-13H2,1-3H3,(H,31,32). The highest BCUT2D eigenvalue weighted by Crippen LogP contribution is 2.53. The van der Waals surface area contributed by atoms with Crippen LogP contribution < -0.4 is 4.74 Å². The monoisotopic (exact) mass is 483 g/mol. The van der Waals surface area contributed by atoms with Gasteiger partial charge in [-0.3, -0.25) is 4.79 Å². The summed E-state index contributed by atoms with van der Waals surface area (Å²) < 4.78 is 13.3. The Morgan fingerprint density at radius 3 is 2.71 bits per heavy atom. The van der Waals surface area contributed by atoms with Gasteiger partial charge in [-0.2, -0.15) is 0 Å². The zero-order valence-corrected chi connectivity index (χ0v) is 20.5. The van der Waals surface area contributed by atoms with Crippen molar-refractivity contribution in [2.45, 2.75) is 58.2 Å². The molecule has 1 amide bonds. The van der Waals surface area contributed by atoms with Crippen molar-refractivity contribution in [2.75, 3.05) is 13.6 Å². The molecule has 2 aromatic heterocycles. The van der Waals surface area contributed by atoms with Gasteiger partial charge >= 0.3 is 12.1 Å². The summed E-state index contributed by atoms with van der Waals surface area (Å²) in [4.78, 5) is 30.3. The maximum absolute atomic E-state index is 12.4. The summed E-state index contributed by atoms with van der Waals surface area (Å²) in [6.07, 6.45) is 5.51. The Labute approximate surface area is 204 Å². The van der Waals surface area contributed by atoms with Gasteiger partial charge in [0.15, 0.2) is 0 Å². The largest absolute Gasteiger partial charge is 0.488 e. The van der Waals surface area contributed by atoms with Crippen molar-refractivity contribution in [3.8, 4) is 17.1 Å². The van der Waals surface area contributed by atoms with Crippen LogP contribution in [0.25, 0.3) is 11.4 Å². The second-order valence-electron chi connectivity index (χ2n) is 10.3. The second kappa shape index (κ2) is 9.47. The number of fused-ring (bicyclic) bond motifs is 1. The third-order valence-corrected chi connectivity index (χ3v) is 7.81. The summed E-state index contributed by atoms with van der Waals surface area (Å²) in [5.74, 6) is 0.960. The molecule has 0 aliphatic heterocycles. The first-order valence-corrected chi connectivity index (χ1v) is 12.4. The highest BCUT2D eigenvalue weighted by molar-refractivity contribution is 5.71. The van der Waals surface area contributed by atoms with Crippen LogP contribution in [0.4, 0.5) is 4.79 Å². The summed E-state index contributed by atoms with van der Waals surface area (Å²) in [6, 6.07) is 3.67. The quantitative estimate of drug-likeness (QED) is 0.606. The summed E-state index contributed by atoms with van der Waals surface area (Å²) >= 11 is 0. The number of amides is 1. The number of carbonyl (C=O) groups is 2. The first-order chi connectivity index (χ1) is 16.8. The lowest BCUT2D eigenvalue weighted by Gasteiger charge is -2.29. The van der Waals surface area contributed by atoms with Crippen LogP contribution in [-0.2, 0) is 23.2 Å². The van der Waals surface area contributed by atoms with Crippen LogP contribution in [0.5, 0.6) is 5.75 Å². The van der Waals surface area contributed by atoms with Gasteiger partial charge in [0, 0.05) is 20.6 Å². The number of carbonyl (C=O) groups excluding carboxylic acids is 1. The smallest absolute Gasteiger partial charge is 0.409 e. The minimum atomic E-state index is -0.721. The van der Waals surface area contributed by atoms with E-state index in [1.165, 1.54) is 19.3 Å². The van der Waals surface area contributed by atoms with Crippen molar-refractivity contribution in [1.82, 2.24) is 24.9 Å². The number of hydrogen-bond donors (Lipinski definition) is 1. The average Bonchev–Trinajstić information content (AvgIpc) is 3.49. The van der Waals surface area contributed by atoms with Crippen LogP contribution >= 0.6 is 0 Å². The van der Waals surface area contributed by atoms with E-state index in [1.54, 1.807) is 23.7 Å². The number of aromatic nitrogens is 4. The molecule has 35 heavy (non-hydrogen) atoms. The highest BCUT2D eigenvalue weighted by atomic mass is 16.6. The van der Waals surface area contributed by atoms with E-state index >= 15 is 0 Å². The van der Waals surface area contributed by atoms with Gasteiger partial charge in [-0.05, 0) is 68.9 Å². The van der Waals surface area contributed by atoms with E-state index in [-0.39, 0.29) is 24.7 Å². The molecule has 188 valence electrons. The first kappa shape index (κ1) is 23.6. The highest BCUT2D eigenvalue weighted by Gasteiger charge is 2.52. The lowest BCUT2D eigenvalue weighted by Crippen LogP contribution is -2.34. The fourth-order valence-corrected chi connectivity index (χ4v) is 5.41. The molecule has 10 nitrogen and oxygen atoms in total. The topological polar surface area (TPSA) is 120 Å². The molecule has 2 heterocycles. The Morgan fingerprint density at radius 1 is 1.23 bits per heavy atom. The number of carboxylic acids is 1. The van der Waals surface area contributed by atoms with Gasteiger partial charge < -0.3 is 19.5 Å².